The zero-order valence-corrected chi connectivity index (χ0v) is 23.2. The SMILES string of the molecule is CCNC(=O)[C@@H](C)N(Cc1ccc(Cl)cc1)C(=O)CN(c1ccc2c(c1)OCCO2)S(=O)(=O)c1ccccc1. The average Bonchev–Trinajstić information content (AvgIpc) is 2.95. The summed E-state index contributed by atoms with van der Waals surface area (Å²) in [7, 11) is -4.17. The molecule has 1 atom stereocenters. The van der Waals surface area contributed by atoms with E-state index in [-0.39, 0.29) is 23.0 Å². The maximum Gasteiger partial charge on any atom is 0.264 e. The number of rotatable bonds is 10. The van der Waals surface area contributed by atoms with Crippen LogP contribution in [0.25, 0.3) is 0 Å². The quantitative estimate of drug-likeness (QED) is 0.396. The van der Waals surface area contributed by atoms with E-state index in [0.29, 0.717) is 36.3 Å². The molecule has 206 valence electrons. The molecule has 4 rings (SSSR count). The zero-order valence-electron chi connectivity index (χ0n) is 21.7. The summed E-state index contributed by atoms with van der Waals surface area (Å²) in [6, 6.07) is 18.6. The van der Waals surface area contributed by atoms with Crippen molar-refractivity contribution in [2.75, 3.05) is 30.6 Å². The fraction of sp³-hybridized carbons (Fsp3) is 0.286. The van der Waals surface area contributed by atoms with E-state index < -0.39 is 28.5 Å². The maximum absolute atomic E-state index is 13.9. The lowest BCUT2D eigenvalue weighted by molar-refractivity contribution is -0.139. The van der Waals surface area contributed by atoms with Crippen LogP contribution < -0.4 is 19.1 Å². The number of hydrogen-bond donors (Lipinski definition) is 1. The molecule has 0 unspecified atom stereocenters. The van der Waals surface area contributed by atoms with Gasteiger partial charge in [-0.2, -0.15) is 0 Å². The molecule has 2 amide bonds. The number of anilines is 1. The van der Waals surface area contributed by atoms with Gasteiger partial charge in [-0.15, -0.1) is 0 Å². The highest BCUT2D eigenvalue weighted by molar-refractivity contribution is 7.92. The lowest BCUT2D eigenvalue weighted by Gasteiger charge is -2.32. The number of halogens is 1. The summed E-state index contributed by atoms with van der Waals surface area (Å²) in [6.07, 6.45) is 0. The Labute approximate surface area is 233 Å². The predicted octanol–water partition coefficient (Wildman–Crippen LogP) is 3.86. The summed E-state index contributed by atoms with van der Waals surface area (Å²) in [5, 5.41) is 3.27. The largest absolute Gasteiger partial charge is 0.486 e. The van der Waals surface area contributed by atoms with E-state index in [1.807, 2.05) is 0 Å². The normalized spacial score (nSPS) is 13.3. The molecule has 0 aromatic heterocycles. The molecule has 1 aliphatic heterocycles. The Bertz CT molecular complexity index is 1420. The lowest BCUT2D eigenvalue weighted by atomic mass is 10.1. The number of carbonyl (C=O) groups excluding carboxylic acids is 2. The minimum Gasteiger partial charge on any atom is -0.486 e. The van der Waals surface area contributed by atoms with Gasteiger partial charge < -0.3 is 19.7 Å². The Morgan fingerprint density at radius 3 is 2.31 bits per heavy atom. The lowest BCUT2D eigenvalue weighted by Crippen LogP contribution is -2.51. The summed E-state index contributed by atoms with van der Waals surface area (Å²) >= 11 is 6.02. The third kappa shape index (κ3) is 6.63. The second-order valence-corrected chi connectivity index (χ2v) is 11.2. The van der Waals surface area contributed by atoms with Gasteiger partial charge in [0.25, 0.3) is 10.0 Å². The number of benzene rings is 3. The molecule has 0 radical (unpaired) electrons. The summed E-state index contributed by atoms with van der Waals surface area (Å²) in [4.78, 5) is 28.0. The van der Waals surface area contributed by atoms with Gasteiger partial charge in [-0.05, 0) is 55.8 Å². The van der Waals surface area contributed by atoms with Crippen molar-refractivity contribution in [3.63, 3.8) is 0 Å². The average molecular weight is 572 g/mol. The zero-order chi connectivity index (χ0) is 28.0. The van der Waals surface area contributed by atoms with Crippen molar-refractivity contribution >= 4 is 39.1 Å². The molecule has 9 nitrogen and oxygen atoms in total. The predicted molar refractivity (Wildman–Crippen MR) is 149 cm³/mol. The molecule has 0 bridgehead atoms. The minimum atomic E-state index is -4.17. The number of sulfonamides is 1. The van der Waals surface area contributed by atoms with Gasteiger partial charge in [0.2, 0.25) is 11.8 Å². The van der Waals surface area contributed by atoms with Crippen LogP contribution in [0, 0.1) is 0 Å². The van der Waals surface area contributed by atoms with Crippen molar-refractivity contribution in [2.24, 2.45) is 0 Å². The fourth-order valence-electron chi connectivity index (χ4n) is 4.13. The number of likely N-dealkylation sites (N-methyl/N-ethyl adjacent to an activating group) is 1. The minimum absolute atomic E-state index is 0.0220. The number of fused-ring (bicyclic) bond motifs is 1. The van der Waals surface area contributed by atoms with Gasteiger partial charge in [-0.3, -0.25) is 13.9 Å². The summed E-state index contributed by atoms with van der Waals surface area (Å²) < 4.78 is 40.0. The first kappa shape index (κ1) is 28.3. The topological polar surface area (TPSA) is 105 Å². The van der Waals surface area contributed by atoms with Gasteiger partial charge in [0.1, 0.15) is 25.8 Å². The van der Waals surface area contributed by atoms with E-state index >= 15 is 0 Å². The molecule has 0 spiro atoms. The fourth-order valence-corrected chi connectivity index (χ4v) is 5.68. The number of nitrogens with one attached hydrogen (secondary N) is 1. The van der Waals surface area contributed by atoms with Crippen molar-refractivity contribution in [2.45, 2.75) is 31.3 Å². The molecule has 0 fully saturated rings. The second kappa shape index (κ2) is 12.4. The van der Waals surface area contributed by atoms with Crippen molar-refractivity contribution in [3.8, 4) is 11.5 Å². The standard InChI is InChI=1S/C28H30ClN3O6S/c1-3-30-28(34)20(2)31(18-21-9-11-22(29)12-10-21)27(33)19-32(39(35,36)24-7-5-4-6-8-24)23-13-14-25-26(17-23)38-16-15-37-25/h4-14,17,20H,3,15-16,18-19H2,1-2H3,(H,30,34)/t20-/m1/s1. The van der Waals surface area contributed by atoms with Crippen LogP contribution in [0.2, 0.25) is 5.02 Å². The highest BCUT2D eigenvalue weighted by Crippen LogP contribution is 2.36. The maximum atomic E-state index is 13.9. The molecule has 39 heavy (non-hydrogen) atoms. The van der Waals surface area contributed by atoms with Crippen molar-refractivity contribution < 1.29 is 27.5 Å². The third-order valence-corrected chi connectivity index (χ3v) is 8.25. The third-order valence-electron chi connectivity index (χ3n) is 6.21. The summed E-state index contributed by atoms with van der Waals surface area (Å²) in [5.74, 6) is -0.0366. The van der Waals surface area contributed by atoms with E-state index in [1.165, 1.54) is 17.0 Å². The molecule has 1 N–H and O–H groups in total. The Morgan fingerprint density at radius 1 is 0.974 bits per heavy atom. The molecule has 3 aromatic rings. The van der Waals surface area contributed by atoms with E-state index in [2.05, 4.69) is 5.32 Å². The number of amides is 2. The van der Waals surface area contributed by atoms with E-state index in [0.717, 1.165) is 9.87 Å². The van der Waals surface area contributed by atoms with Crippen LogP contribution in [0.3, 0.4) is 0 Å². The van der Waals surface area contributed by atoms with E-state index in [1.54, 1.807) is 74.5 Å². The van der Waals surface area contributed by atoms with E-state index in [9.17, 15) is 18.0 Å². The first-order valence-electron chi connectivity index (χ1n) is 12.5. The molecule has 1 aliphatic rings. The van der Waals surface area contributed by atoms with Crippen LogP contribution in [0.4, 0.5) is 5.69 Å². The van der Waals surface area contributed by atoms with Crippen LogP contribution in [-0.2, 0) is 26.2 Å². The molecule has 0 saturated carbocycles. The van der Waals surface area contributed by atoms with Gasteiger partial charge in [0, 0.05) is 24.2 Å². The number of ether oxygens (including phenoxy) is 2. The van der Waals surface area contributed by atoms with Gasteiger partial charge in [-0.1, -0.05) is 41.9 Å². The molecule has 1 heterocycles. The molecule has 11 heteroatoms. The first-order chi connectivity index (χ1) is 18.7. The highest BCUT2D eigenvalue weighted by atomic mass is 35.5. The first-order valence-corrected chi connectivity index (χ1v) is 14.3. The van der Waals surface area contributed by atoms with Crippen LogP contribution in [0.1, 0.15) is 19.4 Å². The Morgan fingerprint density at radius 2 is 1.64 bits per heavy atom. The van der Waals surface area contributed by atoms with Crippen LogP contribution >= 0.6 is 11.6 Å². The number of nitrogens with zero attached hydrogens (tertiary/aromatic N) is 2. The summed E-state index contributed by atoms with van der Waals surface area (Å²) in [5.41, 5.74) is 0.967. The van der Waals surface area contributed by atoms with Gasteiger partial charge in [0.15, 0.2) is 11.5 Å². The highest BCUT2D eigenvalue weighted by Gasteiger charge is 2.33. The van der Waals surface area contributed by atoms with Crippen molar-refractivity contribution in [3.05, 3.63) is 83.4 Å². The summed E-state index contributed by atoms with van der Waals surface area (Å²) in [6.45, 7) is 4.01. The van der Waals surface area contributed by atoms with Crippen molar-refractivity contribution in [1.82, 2.24) is 10.2 Å². The Hall–Kier alpha value is -3.76. The molecule has 0 saturated heterocycles. The molecule has 3 aromatic carbocycles. The molecular weight excluding hydrogens is 542 g/mol. The smallest absolute Gasteiger partial charge is 0.264 e. The van der Waals surface area contributed by atoms with Crippen molar-refractivity contribution in [1.29, 1.82) is 0 Å². The Balaban J connectivity index is 1.73. The van der Waals surface area contributed by atoms with Crippen LogP contribution in [0.15, 0.2) is 77.7 Å². The van der Waals surface area contributed by atoms with Crippen LogP contribution in [0.5, 0.6) is 11.5 Å². The van der Waals surface area contributed by atoms with E-state index in [4.69, 9.17) is 21.1 Å². The number of carbonyl (C=O) groups is 2. The second-order valence-electron chi connectivity index (χ2n) is 8.87. The van der Waals surface area contributed by atoms with Gasteiger partial charge in [-0.25, -0.2) is 8.42 Å². The number of hydrogen-bond acceptors (Lipinski definition) is 6. The van der Waals surface area contributed by atoms with Gasteiger partial charge in [0.05, 0.1) is 10.6 Å². The van der Waals surface area contributed by atoms with Gasteiger partial charge >= 0.3 is 0 Å². The van der Waals surface area contributed by atoms with Crippen LogP contribution in [-0.4, -0.2) is 57.5 Å². The monoisotopic (exact) mass is 571 g/mol. The Kier molecular flexibility index (Phi) is 8.98. The molecule has 0 aliphatic carbocycles. The molecular formula is C28H30ClN3O6S.